The summed E-state index contributed by atoms with van der Waals surface area (Å²) in [6.07, 6.45) is 3.50. The third-order valence-corrected chi connectivity index (χ3v) is 5.27. The number of nitrogens with zero attached hydrogens (tertiary/aromatic N) is 4. The van der Waals surface area contributed by atoms with Crippen molar-refractivity contribution < 1.29 is 4.39 Å². The number of halogens is 1. The average molecular weight is 406 g/mol. The van der Waals surface area contributed by atoms with Gasteiger partial charge in [-0.05, 0) is 42.0 Å². The summed E-state index contributed by atoms with van der Waals surface area (Å²) in [5.74, 6) is 0.382. The van der Waals surface area contributed by atoms with E-state index in [0.29, 0.717) is 11.5 Å². The summed E-state index contributed by atoms with van der Waals surface area (Å²) in [7, 11) is 0. The van der Waals surface area contributed by atoms with Gasteiger partial charge < -0.3 is 4.98 Å². The Kier molecular flexibility index (Phi) is 3.86. The molecule has 0 amide bonds. The second-order valence-corrected chi connectivity index (χ2v) is 7.20. The number of para-hydroxylation sites is 1. The molecule has 7 heteroatoms. The highest BCUT2D eigenvalue weighted by Crippen LogP contribution is 2.32. The Balaban J connectivity index is 1.51. The van der Waals surface area contributed by atoms with Crippen LogP contribution in [0.15, 0.2) is 79.1 Å². The molecule has 0 saturated carbocycles. The standard InChI is InChI=1S/C24H15FN6/c25-15-9-7-14(8-10-15)16-4-3-6-19-22(16)29-24(28-19)23-17-12-20(18-5-1-2-11-26-18)27-13-21(17)30-31-23/h1-13H,(H,28,29)(H,30,31). The molecule has 0 aliphatic rings. The predicted octanol–water partition coefficient (Wildman–Crippen LogP) is 5.37. The number of H-pyrrole nitrogens is 2. The van der Waals surface area contributed by atoms with Crippen molar-refractivity contribution in [2.45, 2.75) is 0 Å². The maximum atomic E-state index is 13.4. The van der Waals surface area contributed by atoms with Crippen LogP contribution in [0.4, 0.5) is 4.39 Å². The van der Waals surface area contributed by atoms with Crippen LogP contribution in [0.25, 0.3) is 56.0 Å². The van der Waals surface area contributed by atoms with Gasteiger partial charge in [0.25, 0.3) is 0 Å². The first-order valence-electron chi connectivity index (χ1n) is 9.77. The summed E-state index contributed by atoms with van der Waals surface area (Å²) < 4.78 is 13.4. The van der Waals surface area contributed by atoms with Gasteiger partial charge in [0.15, 0.2) is 5.82 Å². The van der Waals surface area contributed by atoms with Crippen LogP contribution in [0.5, 0.6) is 0 Å². The zero-order chi connectivity index (χ0) is 20.8. The zero-order valence-electron chi connectivity index (χ0n) is 16.2. The minimum Gasteiger partial charge on any atom is -0.337 e. The van der Waals surface area contributed by atoms with Crippen LogP contribution in [0.2, 0.25) is 0 Å². The van der Waals surface area contributed by atoms with Crippen molar-refractivity contribution in [2.24, 2.45) is 0 Å². The third kappa shape index (κ3) is 2.95. The molecule has 31 heavy (non-hydrogen) atoms. The van der Waals surface area contributed by atoms with Crippen LogP contribution in [0, 0.1) is 5.82 Å². The predicted molar refractivity (Wildman–Crippen MR) is 118 cm³/mol. The van der Waals surface area contributed by atoms with Gasteiger partial charge in [-0.15, -0.1) is 0 Å². The lowest BCUT2D eigenvalue weighted by atomic mass is 10.0. The van der Waals surface area contributed by atoms with Crippen LogP contribution in [0.1, 0.15) is 0 Å². The van der Waals surface area contributed by atoms with E-state index < -0.39 is 0 Å². The molecule has 0 aliphatic heterocycles. The van der Waals surface area contributed by atoms with Crippen LogP contribution < -0.4 is 0 Å². The number of rotatable bonds is 3. The molecule has 6 aromatic rings. The van der Waals surface area contributed by atoms with Crippen molar-refractivity contribution in [3.8, 4) is 34.0 Å². The molecule has 0 fully saturated rings. The molecular formula is C24H15FN6. The van der Waals surface area contributed by atoms with Crippen molar-refractivity contribution in [3.63, 3.8) is 0 Å². The van der Waals surface area contributed by atoms with Crippen LogP contribution in [-0.2, 0) is 0 Å². The summed E-state index contributed by atoms with van der Waals surface area (Å²) >= 11 is 0. The Hall–Kier alpha value is -4.39. The van der Waals surface area contributed by atoms with E-state index in [4.69, 9.17) is 4.98 Å². The molecule has 148 valence electrons. The quantitative estimate of drug-likeness (QED) is 0.414. The fourth-order valence-corrected chi connectivity index (χ4v) is 3.76. The fourth-order valence-electron chi connectivity index (χ4n) is 3.76. The summed E-state index contributed by atoms with van der Waals surface area (Å²) in [6.45, 7) is 0. The van der Waals surface area contributed by atoms with Crippen LogP contribution in [-0.4, -0.2) is 30.1 Å². The second-order valence-electron chi connectivity index (χ2n) is 7.20. The van der Waals surface area contributed by atoms with E-state index in [1.54, 1.807) is 24.5 Å². The van der Waals surface area contributed by atoms with Crippen molar-refractivity contribution in [1.29, 1.82) is 0 Å². The van der Waals surface area contributed by atoms with Crippen molar-refractivity contribution >= 4 is 21.9 Å². The van der Waals surface area contributed by atoms with Crippen molar-refractivity contribution in [1.82, 2.24) is 30.1 Å². The van der Waals surface area contributed by atoms with Crippen molar-refractivity contribution in [3.05, 3.63) is 84.9 Å². The lowest BCUT2D eigenvalue weighted by Crippen LogP contribution is -1.87. The van der Waals surface area contributed by atoms with Gasteiger partial charge in [-0.3, -0.25) is 15.1 Å². The highest BCUT2D eigenvalue weighted by atomic mass is 19.1. The van der Waals surface area contributed by atoms with E-state index in [9.17, 15) is 4.39 Å². The first-order valence-corrected chi connectivity index (χ1v) is 9.77. The van der Waals surface area contributed by atoms with Gasteiger partial charge in [-0.1, -0.05) is 30.3 Å². The molecule has 6 nitrogen and oxygen atoms in total. The first-order chi connectivity index (χ1) is 15.3. The number of aromatic amines is 2. The minimum absolute atomic E-state index is 0.265. The molecule has 0 saturated heterocycles. The van der Waals surface area contributed by atoms with E-state index in [0.717, 1.165) is 44.5 Å². The molecule has 4 aromatic heterocycles. The molecule has 0 atom stereocenters. The summed E-state index contributed by atoms with van der Waals surface area (Å²) in [6, 6.07) is 20.0. The van der Waals surface area contributed by atoms with Crippen LogP contribution >= 0.6 is 0 Å². The number of aromatic nitrogens is 6. The molecule has 0 aliphatic carbocycles. The monoisotopic (exact) mass is 406 g/mol. The molecular weight excluding hydrogens is 391 g/mol. The van der Waals surface area contributed by atoms with Crippen LogP contribution in [0.3, 0.4) is 0 Å². The molecule has 2 aromatic carbocycles. The number of pyridine rings is 2. The van der Waals surface area contributed by atoms with Gasteiger partial charge >= 0.3 is 0 Å². The van der Waals surface area contributed by atoms with E-state index >= 15 is 0 Å². The summed E-state index contributed by atoms with van der Waals surface area (Å²) in [5.41, 5.74) is 6.59. The van der Waals surface area contributed by atoms with Gasteiger partial charge in [0.2, 0.25) is 0 Å². The number of benzene rings is 2. The van der Waals surface area contributed by atoms with Crippen molar-refractivity contribution in [2.75, 3.05) is 0 Å². The molecule has 4 heterocycles. The van der Waals surface area contributed by atoms with Gasteiger partial charge in [0, 0.05) is 17.1 Å². The highest BCUT2D eigenvalue weighted by molar-refractivity contribution is 5.97. The number of imidazole rings is 1. The zero-order valence-corrected chi connectivity index (χ0v) is 16.2. The summed E-state index contributed by atoms with van der Waals surface area (Å²) in [4.78, 5) is 17.1. The van der Waals surface area contributed by atoms with Gasteiger partial charge in [0.1, 0.15) is 11.5 Å². The smallest absolute Gasteiger partial charge is 0.159 e. The average Bonchev–Trinajstić information content (AvgIpc) is 3.43. The molecule has 0 unspecified atom stereocenters. The lowest BCUT2D eigenvalue weighted by Gasteiger charge is -2.02. The topological polar surface area (TPSA) is 83.1 Å². The van der Waals surface area contributed by atoms with Gasteiger partial charge in [-0.25, -0.2) is 9.37 Å². The number of fused-ring (bicyclic) bond motifs is 2. The minimum atomic E-state index is -0.265. The molecule has 6 rings (SSSR count). The number of hydrogen-bond donors (Lipinski definition) is 2. The van der Waals surface area contributed by atoms with E-state index in [-0.39, 0.29) is 5.82 Å². The molecule has 0 radical (unpaired) electrons. The molecule has 2 N–H and O–H groups in total. The fraction of sp³-hybridized carbons (Fsp3) is 0. The SMILES string of the molecule is Fc1ccc(-c2cccc3[nH]c(-c4n[nH]c5cnc(-c6ccccn6)cc45)nc23)cc1. The maximum absolute atomic E-state index is 13.4. The molecule has 0 bridgehead atoms. The largest absolute Gasteiger partial charge is 0.337 e. The normalized spacial score (nSPS) is 11.4. The second kappa shape index (κ2) is 6.84. The Morgan fingerprint density at radius 2 is 1.71 bits per heavy atom. The number of nitrogens with one attached hydrogen (secondary N) is 2. The van der Waals surface area contributed by atoms with Gasteiger partial charge in [0.05, 0.1) is 34.1 Å². The van der Waals surface area contributed by atoms with E-state index in [1.165, 1.54) is 12.1 Å². The molecule has 0 spiro atoms. The number of hydrogen-bond acceptors (Lipinski definition) is 4. The highest BCUT2D eigenvalue weighted by Gasteiger charge is 2.16. The third-order valence-electron chi connectivity index (χ3n) is 5.27. The van der Waals surface area contributed by atoms with Gasteiger partial charge in [-0.2, -0.15) is 5.10 Å². The maximum Gasteiger partial charge on any atom is 0.159 e. The Labute approximate surface area is 175 Å². The Bertz CT molecular complexity index is 1530. The summed E-state index contributed by atoms with van der Waals surface area (Å²) in [5, 5.41) is 8.41. The Morgan fingerprint density at radius 3 is 2.55 bits per heavy atom. The van der Waals surface area contributed by atoms with E-state index in [1.807, 2.05) is 42.5 Å². The van der Waals surface area contributed by atoms with E-state index in [2.05, 4.69) is 25.1 Å². The first kappa shape index (κ1) is 17.5. The Morgan fingerprint density at radius 1 is 0.806 bits per heavy atom. The lowest BCUT2D eigenvalue weighted by molar-refractivity contribution is 0.628.